The van der Waals surface area contributed by atoms with E-state index < -0.39 is 0 Å². The van der Waals surface area contributed by atoms with E-state index in [1.807, 2.05) is 0 Å². The molecule has 3 heteroatoms. The van der Waals surface area contributed by atoms with E-state index in [9.17, 15) is 5.11 Å². The highest BCUT2D eigenvalue weighted by Crippen LogP contribution is 2.02. The van der Waals surface area contributed by atoms with Crippen molar-refractivity contribution >= 4 is 0 Å². The standard InChI is InChI=1S/C11H25NO2/c1-4-5-10(2)8-12-7-6-11(13)9-14-3/h10-13H,4-9H2,1-3H3. The Bertz CT molecular complexity index is 106. The molecule has 0 spiro atoms. The lowest BCUT2D eigenvalue weighted by Crippen LogP contribution is -2.26. The predicted molar refractivity (Wildman–Crippen MR) is 59.4 cm³/mol. The second-order valence-corrected chi connectivity index (χ2v) is 4.00. The first-order valence-electron chi connectivity index (χ1n) is 5.58. The van der Waals surface area contributed by atoms with Crippen LogP contribution in [0.2, 0.25) is 0 Å². The molecule has 0 radical (unpaired) electrons. The third-order valence-corrected chi connectivity index (χ3v) is 2.29. The fourth-order valence-corrected chi connectivity index (χ4v) is 1.49. The Hall–Kier alpha value is -0.120. The van der Waals surface area contributed by atoms with Gasteiger partial charge >= 0.3 is 0 Å². The van der Waals surface area contributed by atoms with Crippen LogP contribution in [0.3, 0.4) is 0 Å². The summed E-state index contributed by atoms with van der Waals surface area (Å²) in [6.45, 7) is 6.82. The van der Waals surface area contributed by atoms with Crippen LogP contribution in [0.5, 0.6) is 0 Å². The lowest BCUT2D eigenvalue weighted by molar-refractivity contribution is 0.0593. The first-order chi connectivity index (χ1) is 6.70. The van der Waals surface area contributed by atoms with Crippen molar-refractivity contribution in [2.45, 2.75) is 39.2 Å². The molecule has 2 unspecified atom stereocenters. The Morgan fingerprint density at radius 3 is 2.64 bits per heavy atom. The number of aliphatic hydroxyl groups excluding tert-OH is 1. The summed E-state index contributed by atoms with van der Waals surface area (Å²) in [7, 11) is 1.61. The fourth-order valence-electron chi connectivity index (χ4n) is 1.49. The molecule has 0 aliphatic heterocycles. The third kappa shape index (κ3) is 8.48. The van der Waals surface area contributed by atoms with Gasteiger partial charge in [-0.2, -0.15) is 0 Å². The molecule has 2 atom stereocenters. The minimum Gasteiger partial charge on any atom is -0.391 e. The highest BCUT2D eigenvalue weighted by atomic mass is 16.5. The van der Waals surface area contributed by atoms with Gasteiger partial charge in [-0.25, -0.2) is 0 Å². The Labute approximate surface area is 87.8 Å². The zero-order valence-electron chi connectivity index (χ0n) is 9.75. The number of hydrogen-bond donors (Lipinski definition) is 2. The third-order valence-electron chi connectivity index (χ3n) is 2.29. The molecule has 0 fully saturated rings. The fraction of sp³-hybridized carbons (Fsp3) is 1.00. The Morgan fingerprint density at radius 2 is 2.07 bits per heavy atom. The van der Waals surface area contributed by atoms with Crippen LogP contribution in [0.15, 0.2) is 0 Å². The van der Waals surface area contributed by atoms with Gasteiger partial charge in [-0.1, -0.05) is 20.3 Å². The van der Waals surface area contributed by atoms with E-state index in [2.05, 4.69) is 19.2 Å². The van der Waals surface area contributed by atoms with Crippen molar-refractivity contribution in [1.82, 2.24) is 5.32 Å². The van der Waals surface area contributed by atoms with Crippen LogP contribution in [0, 0.1) is 5.92 Å². The van der Waals surface area contributed by atoms with Gasteiger partial charge in [0.1, 0.15) is 0 Å². The first-order valence-corrected chi connectivity index (χ1v) is 5.58. The van der Waals surface area contributed by atoms with Crippen LogP contribution >= 0.6 is 0 Å². The van der Waals surface area contributed by atoms with E-state index in [-0.39, 0.29) is 6.10 Å². The Balaban J connectivity index is 3.19. The predicted octanol–water partition coefficient (Wildman–Crippen LogP) is 1.41. The molecule has 0 aromatic rings. The van der Waals surface area contributed by atoms with Crippen molar-refractivity contribution in [3.63, 3.8) is 0 Å². The summed E-state index contributed by atoms with van der Waals surface area (Å²) >= 11 is 0. The molecule has 14 heavy (non-hydrogen) atoms. The molecule has 0 amide bonds. The number of methoxy groups -OCH3 is 1. The van der Waals surface area contributed by atoms with Crippen molar-refractivity contribution in [2.24, 2.45) is 5.92 Å². The summed E-state index contributed by atoms with van der Waals surface area (Å²) in [5.74, 6) is 0.736. The zero-order valence-corrected chi connectivity index (χ0v) is 9.75. The average Bonchev–Trinajstić information content (AvgIpc) is 2.13. The number of ether oxygens (including phenoxy) is 1. The smallest absolute Gasteiger partial charge is 0.0785 e. The van der Waals surface area contributed by atoms with Gasteiger partial charge in [0.05, 0.1) is 12.7 Å². The molecule has 0 heterocycles. The number of nitrogens with one attached hydrogen (secondary N) is 1. The molecule has 0 aromatic heterocycles. The van der Waals surface area contributed by atoms with Crippen molar-refractivity contribution in [3.8, 4) is 0 Å². The second kappa shape index (κ2) is 9.44. The lowest BCUT2D eigenvalue weighted by atomic mass is 10.1. The van der Waals surface area contributed by atoms with Crippen LogP contribution in [0.4, 0.5) is 0 Å². The van der Waals surface area contributed by atoms with Gasteiger partial charge in [0.25, 0.3) is 0 Å². The van der Waals surface area contributed by atoms with E-state index >= 15 is 0 Å². The second-order valence-electron chi connectivity index (χ2n) is 4.00. The maximum atomic E-state index is 9.35. The van der Waals surface area contributed by atoms with Crippen LogP contribution in [0.1, 0.15) is 33.1 Å². The minimum absolute atomic E-state index is 0.325. The molecule has 0 bridgehead atoms. The van der Waals surface area contributed by atoms with Gasteiger partial charge in [-0.3, -0.25) is 0 Å². The van der Waals surface area contributed by atoms with Gasteiger partial charge in [0.15, 0.2) is 0 Å². The molecule has 86 valence electrons. The van der Waals surface area contributed by atoms with Crippen molar-refractivity contribution in [3.05, 3.63) is 0 Å². The van der Waals surface area contributed by atoms with Crippen LogP contribution < -0.4 is 5.32 Å². The van der Waals surface area contributed by atoms with Crippen LogP contribution in [-0.4, -0.2) is 38.0 Å². The van der Waals surface area contributed by atoms with Crippen LogP contribution in [0.25, 0.3) is 0 Å². The number of rotatable bonds is 9. The Morgan fingerprint density at radius 1 is 1.36 bits per heavy atom. The monoisotopic (exact) mass is 203 g/mol. The molecule has 0 aromatic carbocycles. The van der Waals surface area contributed by atoms with E-state index in [1.54, 1.807) is 7.11 Å². The molecule has 0 aliphatic rings. The summed E-state index contributed by atoms with van der Waals surface area (Å²) in [5, 5.41) is 12.7. The summed E-state index contributed by atoms with van der Waals surface area (Å²) < 4.78 is 4.84. The van der Waals surface area contributed by atoms with Crippen LogP contribution in [-0.2, 0) is 4.74 Å². The van der Waals surface area contributed by atoms with Gasteiger partial charge in [0, 0.05) is 7.11 Å². The van der Waals surface area contributed by atoms with Gasteiger partial charge in [0.2, 0.25) is 0 Å². The van der Waals surface area contributed by atoms with E-state index in [0.29, 0.717) is 6.61 Å². The molecule has 2 N–H and O–H groups in total. The van der Waals surface area contributed by atoms with Crippen molar-refractivity contribution in [2.75, 3.05) is 26.8 Å². The molecule has 0 saturated heterocycles. The van der Waals surface area contributed by atoms with Gasteiger partial charge in [-0.05, 0) is 31.8 Å². The normalized spacial score (nSPS) is 15.4. The summed E-state index contributed by atoms with van der Waals surface area (Å²) in [5.41, 5.74) is 0. The molecule has 0 aliphatic carbocycles. The maximum absolute atomic E-state index is 9.35. The van der Waals surface area contributed by atoms with Gasteiger partial charge < -0.3 is 15.2 Å². The Kier molecular flexibility index (Phi) is 9.35. The van der Waals surface area contributed by atoms with Gasteiger partial charge in [-0.15, -0.1) is 0 Å². The summed E-state index contributed by atoms with van der Waals surface area (Å²) in [6, 6.07) is 0. The zero-order chi connectivity index (χ0) is 10.8. The molecule has 3 nitrogen and oxygen atoms in total. The molecule has 0 rings (SSSR count). The molecular formula is C11H25NO2. The maximum Gasteiger partial charge on any atom is 0.0785 e. The van der Waals surface area contributed by atoms with E-state index in [1.165, 1.54) is 12.8 Å². The lowest BCUT2D eigenvalue weighted by Gasteiger charge is -2.13. The van der Waals surface area contributed by atoms with Crippen molar-refractivity contribution < 1.29 is 9.84 Å². The summed E-state index contributed by atoms with van der Waals surface area (Å²) in [6.07, 6.45) is 2.96. The quantitative estimate of drug-likeness (QED) is 0.557. The molecular weight excluding hydrogens is 178 g/mol. The first kappa shape index (κ1) is 13.9. The summed E-state index contributed by atoms with van der Waals surface area (Å²) in [4.78, 5) is 0. The number of hydrogen-bond acceptors (Lipinski definition) is 3. The molecule has 0 saturated carbocycles. The van der Waals surface area contributed by atoms with E-state index in [4.69, 9.17) is 4.74 Å². The average molecular weight is 203 g/mol. The topological polar surface area (TPSA) is 41.5 Å². The van der Waals surface area contributed by atoms with Crippen molar-refractivity contribution in [1.29, 1.82) is 0 Å². The largest absolute Gasteiger partial charge is 0.391 e. The highest BCUT2D eigenvalue weighted by molar-refractivity contribution is 4.60. The van der Waals surface area contributed by atoms with E-state index in [0.717, 1.165) is 25.4 Å². The highest BCUT2D eigenvalue weighted by Gasteiger charge is 2.03. The SMILES string of the molecule is CCCC(C)CNCCC(O)COC. The number of aliphatic hydroxyl groups is 1. The minimum atomic E-state index is -0.325.